The highest BCUT2D eigenvalue weighted by molar-refractivity contribution is 7.88. The molecule has 4 heterocycles. The lowest BCUT2D eigenvalue weighted by Crippen LogP contribution is -2.37. The van der Waals surface area contributed by atoms with Crippen molar-refractivity contribution >= 4 is 27.4 Å². The Labute approximate surface area is 208 Å². The number of nitrogens with zero attached hydrogens (tertiary/aromatic N) is 7. The van der Waals surface area contributed by atoms with Gasteiger partial charge in [-0.05, 0) is 31.9 Å². The zero-order chi connectivity index (χ0) is 25.4. The topological polar surface area (TPSA) is 138 Å². The van der Waals surface area contributed by atoms with Crippen LogP contribution < -0.4 is 5.32 Å². The Morgan fingerprint density at radius 2 is 1.89 bits per heavy atom. The molecule has 0 saturated carbocycles. The van der Waals surface area contributed by atoms with Gasteiger partial charge in [0, 0.05) is 31.3 Å². The Hall–Kier alpha value is -4.08. The Morgan fingerprint density at radius 1 is 1.17 bits per heavy atom. The van der Waals surface area contributed by atoms with Gasteiger partial charge in [0.25, 0.3) is 5.91 Å². The minimum atomic E-state index is -3.23. The van der Waals surface area contributed by atoms with Crippen molar-refractivity contribution in [3.8, 4) is 11.8 Å². The summed E-state index contributed by atoms with van der Waals surface area (Å²) in [5.41, 5.74) is 3.60. The number of carbonyl (C=O) groups excluding carboxylic acids is 1. The van der Waals surface area contributed by atoms with E-state index in [2.05, 4.69) is 15.4 Å². The molecule has 184 valence electrons. The van der Waals surface area contributed by atoms with Gasteiger partial charge < -0.3 is 5.32 Å². The van der Waals surface area contributed by atoms with E-state index in [0.717, 1.165) is 16.9 Å². The molecule has 36 heavy (non-hydrogen) atoms. The molecule has 4 aromatic rings. The van der Waals surface area contributed by atoms with Gasteiger partial charge in [-0.25, -0.2) is 26.9 Å². The zero-order valence-corrected chi connectivity index (χ0v) is 20.6. The highest BCUT2D eigenvalue weighted by Gasteiger charge is 2.28. The summed E-state index contributed by atoms with van der Waals surface area (Å²) < 4.78 is 28.4. The monoisotopic (exact) mass is 504 g/mol. The van der Waals surface area contributed by atoms with Crippen molar-refractivity contribution in [2.45, 2.75) is 25.7 Å². The highest BCUT2D eigenvalue weighted by Crippen LogP contribution is 2.31. The van der Waals surface area contributed by atoms with Crippen LogP contribution in [0.4, 0.5) is 5.82 Å². The second kappa shape index (κ2) is 9.18. The lowest BCUT2D eigenvalue weighted by atomic mass is 9.95. The van der Waals surface area contributed by atoms with Crippen molar-refractivity contribution in [2.24, 2.45) is 0 Å². The first-order valence-corrected chi connectivity index (χ1v) is 13.2. The molecule has 12 heteroatoms. The van der Waals surface area contributed by atoms with E-state index >= 15 is 0 Å². The van der Waals surface area contributed by atoms with Gasteiger partial charge in [-0.2, -0.15) is 15.5 Å². The number of aromatic nitrogens is 5. The van der Waals surface area contributed by atoms with Crippen LogP contribution in [0, 0.1) is 18.3 Å². The molecule has 1 aliphatic heterocycles. The SMILES string of the molecule is Cc1ccc(-n2nc(C3CCN(S(C)(=O)=O)CC3)cc2NC(=O)c2cnn3cc(C#N)cnc23)cc1. The van der Waals surface area contributed by atoms with E-state index < -0.39 is 15.9 Å². The first-order valence-electron chi connectivity index (χ1n) is 11.4. The molecule has 0 spiro atoms. The van der Waals surface area contributed by atoms with Crippen LogP contribution in [0.3, 0.4) is 0 Å². The second-order valence-electron chi connectivity index (χ2n) is 8.87. The summed E-state index contributed by atoms with van der Waals surface area (Å²) in [7, 11) is -3.23. The molecule has 1 fully saturated rings. The number of nitriles is 1. The molecule has 0 atom stereocenters. The van der Waals surface area contributed by atoms with Gasteiger partial charge in [0.2, 0.25) is 10.0 Å². The maximum Gasteiger partial charge on any atom is 0.262 e. The Bertz CT molecular complexity index is 1590. The summed E-state index contributed by atoms with van der Waals surface area (Å²) in [5.74, 6) is 0.139. The van der Waals surface area contributed by atoms with Crippen LogP contribution in [-0.4, -0.2) is 62.4 Å². The average molecular weight is 505 g/mol. The third-order valence-electron chi connectivity index (χ3n) is 6.32. The minimum Gasteiger partial charge on any atom is -0.306 e. The summed E-state index contributed by atoms with van der Waals surface area (Å²) >= 11 is 0. The molecule has 1 saturated heterocycles. The quantitative estimate of drug-likeness (QED) is 0.441. The standard InChI is InChI=1S/C24H24N8O3S/c1-16-3-5-19(6-4-16)32-22(11-21(29-32)18-7-9-30(10-8-18)36(2,34)35)28-24(33)20-14-27-31-15-17(12-25)13-26-23(20)31/h3-6,11,13-15,18H,7-10H2,1-2H3,(H,28,33). The van der Waals surface area contributed by atoms with E-state index in [1.165, 1.54) is 33.7 Å². The third-order valence-corrected chi connectivity index (χ3v) is 7.62. The minimum absolute atomic E-state index is 0.0633. The summed E-state index contributed by atoms with van der Waals surface area (Å²) in [6, 6.07) is 11.6. The molecule has 0 unspecified atom stereocenters. The predicted molar refractivity (Wildman–Crippen MR) is 132 cm³/mol. The lowest BCUT2D eigenvalue weighted by molar-refractivity contribution is 0.102. The maximum absolute atomic E-state index is 13.2. The maximum atomic E-state index is 13.2. The van der Waals surface area contributed by atoms with E-state index in [0.29, 0.717) is 43.0 Å². The first-order chi connectivity index (χ1) is 17.2. The number of sulfonamides is 1. The zero-order valence-electron chi connectivity index (χ0n) is 19.8. The normalized spacial score (nSPS) is 15.1. The number of piperidine rings is 1. The molecule has 0 radical (unpaired) electrons. The van der Waals surface area contributed by atoms with Crippen molar-refractivity contribution < 1.29 is 13.2 Å². The second-order valence-corrected chi connectivity index (χ2v) is 10.9. The Morgan fingerprint density at radius 3 is 2.56 bits per heavy atom. The fraction of sp³-hybridized carbons (Fsp3) is 0.292. The van der Waals surface area contributed by atoms with Crippen LogP contribution in [0.25, 0.3) is 11.3 Å². The molecule has 0 bridgehead atoms. The number of hydrogen-bond donors (Lipinski definition) is 1. The number of fused-ring (bicyclic) bond motifs is 1. The first kappa shape index (κ1) is 23.7. The number of hydrogen-bond acceptors (Lipinski definition) is 7. The predicted octanol–water partition coefficient (Wildman–Crippen LogP) is 2.49. The largest absolute Gasteiger partial charge is 0.306 e. The fourth-order valence-corrected chi connectivity index (χ4v) is 5.20. The van der Waals surface area contributed by atoms with E-state index in [9.17, 15) is 13.2 Å². The number of aryl methyl sites for hydroxylation is 1. The fourth-order valence-electron chi connectivity index (χ4n) is 4.33. The molecule has 1 amide bonds. The number of benzene rings is 1. The van der Waals surface area contributed by atoms with Gasteiger partial charge in [-0.3, -0.25) is 4.79 Å². The summed E-state index contributed by atoms with van der Waals surface area (Å²) in [6.45, 7) is 2.86. The summed E-state index contributed by atoms with van der Waals surface area (Å²) in [4.78, 5) is 17.4. The van der Waals surface area contributed by atoms with Crippen molar-refractivity contribution in [2.75, 3.05) is 24.7 Å². The van der Waals surface area contributed by atoms with Crippen molar-refractivity contribution in [3.05, 3.63) is 71.3 Å². The molecule has 1 N–H and O–H groups in total. The molecule has 3 aromatic heterocycles. The van der Waals surface area contributed by atoms with Crippen LogP contribution in [0.5, 0.6) is 0 Å². The van der Waals surface area contributed by atoms with Gasteiger partial charge in [-0.15, -0.1) is 0 Å². The van der Waals surface area contributed by atoms with Gasteiger partial charge in [0.15, 0.2) is 5.65 Å². The van der Waals surface area contributed by atoms with Gasteiger partial charge in [0.1, 0.15) is 17.5 Å². The Balaban J connectivity index is 1.46. The van der Waals surface area contributed by atoms with Gasteiger partial charge >= 0.3 is 0 Å². The van der Waals surface area contributed by atoms with E-state index in [1.807, 2.05) is 43.3 Å². The number of nitrogens with one attached hydrogen (secondary N) is 1. The van der Waals surface area contributed by atoms with Crippen molar-refractivity contribution in [3.63, 3.8) is 0 Å². The third kappa shape index (κ3) is 4.58. The number of carbonyl (C=O) groups is 1. The molecule has 11 nitrogen and oxygen atoms in total. The molecule has 0 aliphatic carbocycles. The molecule has 1 aromatic carbocycles. The smallest absolute Gasteiger partial charge is 0.262 e. The molecule has 1 aliphatic rings. The van der Waals surface area contributed by atoms with Crippen LogP contribution in [0.1, 0.15) is 45.9 Å². The Kier molecular flexibility index (Phi) is 6.03. The van der Waals surface area contributed by atoms with Crippen molar-refractivity contribution in [1.82, 2.24) is 28.7 Å². The number of rotatable bonds is 5. The molecular formula is C24H24N8O3S. The van der Waals surface area contributed by atoms with Crippen LogP contribution in [0.15, 0.2) is 48.9 Å². The van der Waals surface area contributed by atoms with Gasteiger partial charge in [0.05, 0.1) is 35.6 Å². The van der Waals surface area contributed by atoms with E-state index in [1.54, 1.807) is 4.68 Å². The number of anilines is 1. The summed E-state index contributed by atoms with van der Waals surface area (Å²) in [6.07, 6.45) is 6.83. The van der Waals surface area contributed by atoms with Crippen LogP contribution >= 0.6 is 0 Å². The highest BCUT2D eigenvalue weighted by atomic mass is 32.2. The van der Waals surface area contributed by atoms with E-state index in [-0.39, 0.29) is 11.5 Å². The van der Waals surface area contributed by atoms with Crippen LogP contribution in [0.2, 0.25) is 0 Å². The van der Waals surface area contributed by atoms with Crippen molar-refractivity contribution in [1.29, 1.82) is 5.26 Å². The van der Waals surface area contributed by atoms with Gasteiger partial charge in [-0.1, -0.05) is 17.7 Å². The lowest BCUT2D eigenvalue weighted by Gasteiger charge is -2.29. The molecular weight excluding hydrogens is 480 g/mol. The van der Waals surface area contributed by atoms with E-state index in [4.69, 9.17) is 10.4 Å². The molecule has 5 rings (SSSR count). The average Bonchev–Trinajstić information content (AvgIpc) is 3.48. The van der Waals surface area contributed by atoms with Crippen LogP contribution in [-0.2, 0) is 10.0 Å². The summed E-state index contributed by atoms with van der Waals surface area (Å²) in [5, 5.41) is 21.0. The number of amides is 1.